The van der Waals surface area contributed by atoms with Crippen LogP contribution in [0.4, 0.5) is 0 Å². The van der Waals surface area contributed by atoms with Crippen molar-refractivity contribution < 1.29 is 19.8 Å². The van der Waals surface area contributed by atoms with Gasteiger partial charge in [-0.1, -0.05) is 31.4 Å². The Morgan fingerprint density at radius 2 is 1.86 bits per heavy atom. The Morgan fingerprint density at radius 1 is 1.14 bits per heavy atom. The predicted octanol–water partition coefficient (Wildman–Crippen LogP) is 4.08. The third-order valence-electron chi connectivity index (χ3n) is 6.01. The molecule has 5 nitrogen and oxygen atoms in total. The van der Waals surface area contributed by atoms with Gasteiger partial charge in [0.25, 0.3) is 0 Å². The van der Waals surface area contributed by atoms with Crippen molar-refractivity contribution in [1.29, 1.82) is 0 Å². The number of hydrogen-bond acceptors (Lipinski definition) is 4. The Morgan fingerprint density at radius 3 is 2.54 bits per heavy atom. The van der Waals surface area contributed by atoms with Crippen LogP contribution < -0.4 is 0 Å². The average molecular weight is 406 g/mol. The molecule has 2 fully saturated rings. The number of benzene rings is 1. The highest BCUT2D eigenvalue weighted by atomic mass is 32.2. The summed E-state index contributed by atoms with van der Waals surface area (Å²) in [7, 11) is 0. The number of thioether (sulfide) groups is 1. The van der Waals surface area contributed by atoms with E-state index in [1.165, 1.54) is 6.42 Å². The molecule has 1 aromatic rings. The molecule has 6 heteroatoms. The first-order valence-electron chi connectivity index (χ1n) is 10.4. The molecule has 3 rings (SSSR count). The summed E-state index contributed by atoms with van der Waals surface area (Å²) in [6, 6.07) is 7.04. The summed E-state index contributed by atoms with van der Waals surface area (Å²) in [5.41, 5.74) is 0.933. The second-order valence-electron chi connectivity index (χ2n) is 8.14. The lowest BCUT2D eigenvalue weighted by atomic mass is 9.82. The molecule has 0 aromatic heterocycles. The van der Waals surface area contributed by atoms with Crippen LogP contribution in [0.1, 0.15) is 73.7 Å². The van der Waals surface area contributed by atoms with E-state index in [-0.39, 0.29) is 11.3 Å². The number of amides is 1. The molecule has 1 aromatic carbocycles. The number of hydrogen-bond donors (Lipinski definition) is 2. The molecule has 2 aliphatic rings. The number of aromatic carboxylic acids is 1. The normalized spacial score (nSPS) is 21.8. The van der Waals surface area contributed by atoms with Crippen LogP contribution in [0, 0.1) is 0 Å². The maximum Gasteiger partial charge on any atom is 0.335 e. The molecule has 1 saturated heterocycles. The maximum atomic E-state index is 12.3. The summed E-state index contributed by atoms with van der Waals surface area (Å²) in [4.78, 5) is 25.2. The average Bonchev–Trinajstić information content (AvgIpc) is 3.03. The molecule has 1 aliphatic heterocycles. The van der Waals surface area contributed by atoms with Crippen LogP contribution in [0.15, 0.2) is 24.3 Å². The number of carbonyl (C=O) groups is 2. The molecular weight excluding hydrogens is 374 g/mol. The van der Waals surface area contributed by atoms with Gasteiger partial charge in [0.05, 0.1) is 22.3 Å². The zero-order valence-corrected chi connectivity index (χ0v) is 17.3. The summed E-state index contributed by atoms with van der Waals surface area (Å²) in [6.45, 7) is 0.742. The third kappa shape index (κ3) is 5.74. The van der Waals surface area contributed by atoms with E-state index < -0.39 is 11.6 Å². The van der Waals surface area contributed by atoms with E-state index in [9.17, 15) is 14.7 Å². The van der Waals surface area contributed by atoms with Crippen LogP contribution in [-0.2, 0) is 11.2 Å². The minimum Gasteiger partial charge on any atom is -0.478 e. The summed E-state index contributed by atoms with van der Waals surface area (Å²) in [5, 5.41) is 19.8. The van der Waals surface area contributed by atoms with E-state index in [4.69, 9.17) is 5.11 Å². The first-order valence-corrected chi connectivity index (χ1v) is 11.5. The van der Waals surface area contributed by atoms with Gasteiger partial charge in [-0.15, -0.1) is 11.8 Å². The van der Waals surface area contributed by atoms with Gasteiger partial charge < -0.3 is 15.1 Å². The zero-order valence-electron chi connectivity index (χ0n) is 16.4. The van der Waals surface area contributed by atoms with Crippen molar-refractivity contribution in [3.05, 3.63) is 35.4 Å². The van der Waals surface area contributed by atoms with Gasteiger partial charge in [0.2, 0.25) is 5.91 Å². The van der Waals surface area contributed by atoms with Crippen molar-refractivity contribution in [2.45, 2.75) is 75.2 Å². The first-order chi connectivity index (χ1) is 13.5. The number of aryl methyl sites for hydroxylation is 1. The van der Waals surface area contributed by atoms with Crippen LogP contribution in [-0.4, -0.2) is 50.3 Å². The molecule has 1 atom stereocenters. The number of carboxylic acids is 1. The van der Waals surface area contributed by atoms with E-state index in [0.29, 0.717) is 11.3 Å². The van der Waals surface area contributed by atoms with Crippen molar-refractivity contribution in [1.82, 2.24) is 4.90 Å². The number of nitrogens with zero attached hydrogens (tertiary/aromatic N) is 1. The van der Waals surface area contributed by atoms with Crippen molar-refractivity contribution in [3.63, 3.8) is 0 Å². The Balaban J connectivity index is 1.42. The molecule has 1 heterocycles. The van der Waals surface area contributed by atoms with Gasteiger partial charge in [-0.3, -0.25) is 4.79 Å². The molecule has 1 saturated carbocycles. The number of carboxylic acid groups (broad SMARTS) is 1. The Labute approximate surface area is 171 Å². The molecule has 1 unspecified atom stereocenters. The van der Waals surface area contributed by atoms with Crippen LogP contribution >= 0.6 is 11.8 Å². The smallest absolute Gasteiger partial charge is 0.335 e. The van der Waals surface area contributed by atoms with Gasteiger partial charge in [0.15, 0.2) is 0 Å². The lowest BCUT2D eigenvalue weighted by Crippen LogP contribution is -2.36. The summed E-state index contributed by atoms with van der Waals surface area (Å²) >= 11 is 1.72. The highest BCUT2D eigenvalue weighted by molar-refractivity contribution is 8.00. The standard InChI is InChI=1S/C22H31NO4S/c24-19-16-28-20(7-4-6-17-8-10-18(11-9-17)21(25)26)23(19)15-5-14-22(27)12-2-1-3-13-22/h8-11,20,27H,1-7,12-16H2,(H,25,26). The predicted molar refractivity (Wildman–Crippen MR) is 112 cm³/mol. The Hall–Kier alpha value is -1.53. The van der Waals surface area contributed by atoms with Gasteiger partial charge in [0, 0.05) is 6.54 Å². The highest BCUT2D eigenvalue weighted by Gasteiger charge is 2.33. The fourth-order valence-electron chi connectivity index (χ4n) is 4.34. The second kappa shape index (κ2) is 9.79. The van der Waals surface area contributed by atoms with Crippen LogP contribution in [0.2, 0.25) is 0 Å². The van der Waals surface area contributed by atoms with Crippen molar-refractivity contribution in [2.24, 2.45) is 0 Å². The Bertz CT molecular complexity index is 670. The van der Waals surface area contributed by atoms with Gasteiger partial charge in [0.1, 0.15) is 0 Å². The first kappa shape index (κ1) is 21.2. The third-order valence-corrected chi connectivity index (χ3v) is 7.30. The fourth-order valence-corrected chi connectivity index (χ4v) is 5.58. The largest absolute Gasteiger partial charge is 0.478 e. The molecule has 0 bridgehead atoms. The fraction of sp³-hybridized carbons (Fsp3) is 0.636. The summed E-state index contributed by atoms with van der Waals surface area (Å²) in [6.07, 6.45) is 9.73. The molecule has 0 spiro atoms. The van der Waals surface area contributed by atoms with Crippen LogP contribution in [0.5, 0.6) is 0 Å². The second-order valence-corrected chi connectivity index (χ2v) is 9.30. The molecular formula is C22H31NO4S. The van der Waals surface area contributed by atoms with Crippen molar-refractivity contribution in [2.75, 3.05) is 12.3 Å². The summed E-state index contributed by atoms with van der Waals surface area (Å²) in [5.74, 6) is -0.125. The molecule has 1 amide bonds. The zero-order chi connectivity index (χ0) is 20.0. The van der Waals surface area contributed by atoms with E-state index in [2.05, 4.69) is 0 Å². The lowest BCUT2D eigenvalue weighted by molar-refractivity contribution is -0.128. The minimum absolute atomic E-state index is 0.219. The highest BCUT2D eigenvalue weighted by Crippen LogP contribution is 2.33. The van der Waals surface area contributed by atoms with Crippen LogP contribution in [0.25, 0.3) is 0 Å². The van der Waals surface area contributed by atoms with E-state index in [0.717, 1.165) is 69.9 Å². The summed E-state index contributed by atoms with van der Waals surface area (Å²) < 4.78 is 0. The van der Waals surface area contributed by atoms with Gasteiger partial charge in [-0.2, -0.15) is 0 Å². The van der Waals surface area contributed by atoms with Crippen molar-refractivity contribution in [3.8, 4) is 0 Å². The quantitative estimate of drug-likeness (QED) is 0.647. The number of carbonyl (C=O) groups excluding carboxylic acids is 1. The molecule has 0 radical (unpaired) electrons. The van der Waals surface area contributed by atoms with Gasteiger partial charge in [-0.05, 0) is 62.6 Å². The van der Waals surface area contributed by atoms with E-state index in [1.807, 2.05) is 17.0 Å². The lowest BCUT2D eigenvalue weighted by Gasteiger charge is -2.33. The van der Waals surface area contributed by atoms with E-state index >= 15 is 0 Å². The monoisotopic (exact) mass is 405 g/mol. The topological polar surface area (TPSA) is 77.8 Å². The number of rotatable bonds is 9. The Kier molecular flexibility index (Phi) is 7.41. The van der Waals surface area contributed by atoms with E-state index in [1.54, 1.807) is 23.9 Å². The van der Waals surface area contributed by atoms with Crippen LogP contribution in [0.3, 0.4) is 0 Å². The van der Waals surface area contributed by atoms with Gasteiger partial charge in [-0.25, -0.2) is 4.79 Å². The molecule has 28 heavy (non-hydrogen) atoms. The molecule has 1 aliphatic carbocycles. The van der Waals surface area contributed by atoms with Crippen molar-refractivity contribution >= 4 is 23.6 Å². The number of aliphatic hydroxyl groups is 1. The molecule has 154 valence electrons. The maximum absolute atomic E-state index is 12.3. The van der Waals surface area contributed by atoms with Gasteiger partial charge >= 0.3 is 5.97 Å². The minimum atomic E-state index is -0.902. The SMILES string of the molecule is O=C(O)c1ccc(CCCC2SCC(=O)N2CCCC2(O)CCCCC2)cc1. The molecule has 2 N–H and O–H groups in total.